The van der Waals surface area contributed by atoms with Crippen LogP contribution in [0.3, 0.4) is 0 Å². The fourth-order valence-electron chi connectivity index (χ4n) is 4.44. The molecular weight excluding hydrogens is 332 g/mol. The van der Waals surface area contributed by atoms with Gasteiger partial charge in [-0.25, -0.2) is 0 Å². The van der Waals surface area contributed by atoms with Crippen LogP contribution in [0.25, 0.3) is 0 Å². The second kappa shape index (κ2) is 8.26. The van der Waals surface area contributed by atoms with Crippen molar-refractivity contribution in [2.75, 3.05) is 19.8 Å². The quantitative estimate of drug-likeness (QED) is 0.812. The molecular formula is C20H34N2O4. The topological polar surface area (TPSA) is 67.9 Å². The molecule has 2 amide bonds. The Labute approximate surface area is 157 Å². The second-order valence-corrected chi connectivity index (χ2v) is 8.70. The van der Waals surface area contributed by atoms with E-state index in [-0.39, 0.29) is 23.8 Å². The highest BCUT2D eigenvalue weighted by Gasteiger charge is 2.53. The van der Waals surface area contributed by atoms with E-state index in [0.29, 0.717) is 25.5 Å². The highest BCUT2D eigenvalue weighted by molar-refractivity contribution is 5.89. The molecule has 1 N–H and O–H groups in total. The fraction of sp³-hybridized carbons (Fsp3) is 0.900. The first kappa shape index (κ1) is 19.6. The smallest absolute Gasteiger partial charge is 0.245 e. The molecule has 148 valence electrons. The standard InChI is InChI=1S/C20H34N2O4/c1-14(2)11-18(23)22-17(19(24)21-12-16-5-4-10-25-16)13-26-20(22)8-6-15(3)7-9-20/h14-17H,4-13H2,1-3H3,(H,21,24)/t15?,16-,17-,20?/m1/s1. The Balaban J connectivity index is 1.70. The van der Waals surface area contributed by atoms with Gasteiger partial charge in [0.25, 0.3) is 0 Å². The van der Waals surface area contributed by atoms with Crippen LogP contribution >= 0.6 is 0 Å². The summed E-state index contributed by atoms with van der Waals surface area (Å²) in [4.78, 5) is 27.7. The van der Waals surface area contributed by atoms with Crippen molar-refractivity contribution in [3.63, 3.8) is 0 Å². The molecule has 0 aromatic carbocycles. The van der Waals surface area contributed by atoms with Gasteiger partial charge in [-0.1, -0.05) is 20.8 Å². The summed E-state index contributed by atoms with van der Waals surface area (Å²) < 4.78 is 11.8. The van der Waals surface area contributed by atoms with Crippen LogP contribution in [-0.4, -0.2) is 54.3 Å². The van der Waals surface area contributed by atoms with Crippen molar-refractivity contribution >= 4 is 11.8 Å². The zero-order chi connectivity index (χ0) is 18.7. The summed E-state index contributed by atoms with van der Waals surface area (Å²) in [6.07, 6.45) is 6.32. The van der Waals surface area contributed by atoms with Gasteiger partial charge in [-0.2, -0.15) is 0 Å². The van der Waals surface area contributed by atoms with E-state index in [2.05, 4.69) is 12.2 Å². The summed E-state index contributed by atoms with van der Waals surface area (Å²) in [6, 6.07) is -0.518. The van der Waals surface area contributed by atoms with E-state index in [9.17, 15) is 9.59 Å². The minimum atomic E-state index is -0.579. The van der Waals surface area contributed by atoms with Crippen LogP contribution < -0.4 is 5.32 Å². The van der Waals surface area contributed by atoms with Crippen molar-refractivity contribution in [2.24, 2.45) is 11.8 Å². The number of nitrogens with one attached hydrogen (secondary N) is 1. The summed E-state index contributed by atoms with van der Waals surface area (Å²) in [5.74, 6) is 0.856. The largest absolute Gasteiger partial charge is 0.376 e. The van der Waals surface area contributed by atoms with Gasteiger partial charge in [0.1, 0.15) is 11.8 Å². The molecule has 1 aliphatic carbocycles. The molecule has 2 aliphatic heterocycles. The third-order valence-corrected chi connectivity index (χ3v) is 6.00. The molecule has 1 saturated carbocycles. The van der Waals surface area contributed by atoms with Gasteiger partial charge in [0, 0.05) is 19.6 Å². The van der Waals surface area contributed by atoms with E-state index in [0.717, 1.165) is 45.1 Å². The minimum absolute atomic E-state index is 0.0457. The Kier molecular flexibility index (Phi) is 6.23. The maximum Gasteiger partial charge on any atom is 0.245 e. The van der Waals surface area contributed by atoms with E-state index in [1.807, 2.05) is 13.8 Å². The van der Waals surface area contributed by atoms with E-state index in [4.69, 9.17) is 9.47 Å². The predicted molar refractivity (Wildman–Crippen MR) is 98.4 cm³/mol. The van der Waals surface area contributed by atoms with Crippen molar-refractivity contribution in [3.05, 3.63) is 0 Å². The third kappa shape index (κ3) is 4.22. The molecule has 6 nitrogen and oxygen atoms in total. The summed E-state index contributed by atoms with van der Waals surface area (Å²) in [6.45, 7) is 7.91. The number of carbonyl (C=O) groups excluding carboxylic acids is 2. The third-order valence-electron chi connectivity index (χ3n) is 6.00. The molecule has 0 aromatic rings. The molecule has 0 aromatic heterocycles. The molecule has 0 unspecified atom stereocenters. The molecule has 0 bridgehead atoms. The number of amides is 2. The number of nitrogens with zero attached hydrogens (tertiary/aromatic N) is 1. The molecule has 26 heavy (non-hydrogen) atoms. The number of hydrogen-bond donors (Lipinski definition) is 1. The van der Waals surface area contributed by atoms with Gasteiger partial charge in [0.2, 0.25) is 11.8 Å². The SMILES string of the molecule is CC(C)CC(=O)N1[C@@H](C(=O)NC[C@H]2CCCO2)COC12CCC(C)CC2. The molecule has 0 radical (unpaired) electrons. The maximum absolute atomic E-state index is 13.0. The number of rotatable bonds is 5. The Hall–Kier alpha value is -1.14. The van der Waals surface area contributed by atoms with Gasteiger partial charge >= 0.3 is 0 Å². The Morgan fingerprint density at radius 1 is 1.23 bits per heavy atom. The molecule has 3 fully saturated rings. The number of hydrogen-bond acceptors (Lipinski definition) is 4. The van der Waals surface area contributed by atoms with Crippen molar-refractivity contribution in [3.8, 4) is 0 Å². The Morgan fingerprint density at radius 2 is 1.96 bits per heavy atom. The van der Waals surface area contributed by atoms with Gasteiger partial charge < -0.3 is 14.8 Å². The zero-order valence-corrected chi connectivity index (χ0v) is 16.5. The first-order valence-electron chi connectivity index (χ1n) is 10.3. The molecule has 6 heteroatoms. The molecule has 3 rings (SSSR count). The summed E-state index contributed by atoms with van der Waals surface area (Å²) in [5, 5.41) is 3.00. The van der Waals surface area contributed by atoms with Crippen LogP contribution in [0.4, 0.5) is 0 Å². The van der Waals surface area contributed by atoms with Gasteiger partial charge in [0.15, 0.2) is 0 Å². The van der Waals surface area contributed by atoms with Crippen molar-refractivity contribution in [1.29, 1.82) is 0 Å². The number of ether oxygens (including phenoxy) is 2. The van der Waals surface area contributed by atoms with E-state index in [1.54, 1.807) is 4.90 Å². The van der Waals surface area contributed by atoms with E-state index >= 15 is 0 Å². The fourth-order valence-corrected chi connectivity index (χ4v) is 4.44. The average Bonchev–Trinajstić information content (AvgIpc) is 3.23. The summed E-state index contributed by atoms with van der Waals surface area (Å²) in [7, 11) is 0. The lowest BCUT2D eigenvalue weighted by Gasteiger charge is -2.43. The minimum Gasteiger partial charge on any atom is -0.376 e. The monoisotopic (exact) mass is 366 g/mol. The van der Waals surface area contributed by atoms with Crippen LogP contribution in [-0.2, 0) is 19.1 Å². The number of carbonyl (C=O) groups is 2. The van der Waals surface area contributed by atoms with Crippen LogP contribution in [0.2, 0.25) is 0 Å². The molecule has 2 atom stereocenters. The predicted octanol–water partition coefficient (Wildman–Crippen LogP) is 2.46. The van der Waals surface area contributed by atoms with Crippen LogP contribution in [0.5, 0.6) is 0 Å². The van der Waals surface area contributed by atoms with E-state index in [1.165, 1.54) is 0 Å². The molecule has 3 aliphatic rings. The normalized spacial score (nSPS) is 34.6. The lowest BCUT2D eigenvalue weighted by atomic mass is 9.83. The first-order chi connectivity index (χ1) is 12.4. The van der Waals surface area contributed by atoms with Crippen LogP contribution in [0, 0.1) is 11.8 Å². The molecule has 1 spiro atoms. The molecule has 2 heterocycles. The zero-order valence-electron chi connectivity index (χ0n) is 16.5. The summed E-state index contributed by atoms with van der Waals surface area (Å²) >= 11 is 0. The maximum atomic E-state index is 13.0. The van der Waals surface area contributed by atoms with Crippen LogP contribution in [0.15, 0.2) is 0 Å². The summed E-state index contributed by atoms with van der Waals surface area (Å²) in [5.41, 5.74) is -0.579. The van der Waals surface area contributed by atoms with Gasteiger partial charge in [-0.3, -0.25) is 14.5 Å². The Bertz CT molecular complexity index is 508. The van der Waals surface area contributed by atoms with Gasteiger partial charge in [-0.05, 0) is 50.4 Å². The first-order valence-corrected chi connectivity index (χ1v) is 10.3. The van der Waals surface area contributed by atoms with Crippen molar-refractivity contribution in [1.82, 2.24) is 10.2 Å². The van der Waals surface area contributed by atoms with Crippen molar-refractivity contribution < 1.29 is 19.1 Å². The average molecular weight is 367 g/mol. The van der Waals surface area contributed by atoms with Crippen LogP contribution in [0.1, 0.15) is 65.7 Å². The lowest BCUT2D eigenvalue weighted by molar-refractivity contribution is -0.162. The second-order valence-electron chi connectivity index (χ2n) is 8.70. The van der Waals surface area contributed by atoms with Gasteiger partial charge in [0.05, 0.1) is 12.7 Å². The highest BCUT2D eigenvalue weighted by Crippen LogP contribution is 2.42. The lowest BCUT2D eigenvalue weighted by Crippen LogP contribution is -2.57. The Morgan fingerprint density at radius 3 is 2.58 bits per heavy atom. The van der Waals surface area contributed by atoms with Crippen molar-refractivity contribution in [2.45, 2.75) is 83.6 Å². The van der Waals surface area contributed by atoms with Gasteiger partial charge in [-0.15, -0.1) is 0 Å². The van der Waals surface area contributed by atoms with E-state index < -0.39 is 11.8 Å². The highest BCUT2D eigenvalue weighted by atomic mass is 16.5. The molecule has 2 saturated heterocycles.